The van der Waals surface area contributed by atoms with Gasteiger partial charge in [-0.15, -0.1) is 0 Å². The standard InChI is InChI=1S/C19H30N2O3/c1-3-17(22)16-9-6-7-13-21(16)14-19(23)20-12-11-15-8-4-5-10-18(15)24-2/h4-5,8,10,16-17,22H,3,6-7,9,11-14H2,1-2H3,(H,20,23). The van der Waals surface area contributed by atoms with Crippen LogP contribution in [0.4, 0.5) is 0 Å². The number of nitrogens with zero attached hydrogens (tertiary/aromatic N) is 1. The summed E-state index contributed by atoms with van der Waals surface area (Å²) in [6.07, 6.45) is 4.35. The van der Waals surface area contributed by atoms with E-state index in [9.17, 15) is 9.90 Å². The van der Waals surface area contributed by atoms with Crippen LogP contribution in [0.25, 0.3) is 0 Å². The molecule has 134 valence electrons. The Morgan fingerprint density at radius 3 is 2.96 bits per heavy atom. The summed E-state index contributed by atoms with van der Waals surface area (Å²) >= 11 is 0. The molecule has 1 aliphatic heterocycles. The van der Waals surface area contributed by atoms with Gasteiger partial charge in [0.05, 0.1) is 19.8 Å². The maximum atomic E-state index is 12.2. The number of benzene rings is 1. The highest BCUT2D eigenvalue weighted by Gasteiger charge is 2.28. The molecule has 1 aromatic rings. The molecule has 1 fully saturated rings. The minimum Gasteiger partial charge on any atom is -0.496 e. The molecule has 0 aromatic heterocycles. The van der Waals surface area contributed by atoms with Gasteiger partial charge in [-0.05, 0) is 43.9 Å². The number of para-hydroxylation sites is 1. The van der Waals surface area contributed by atoms with Crippen LogP contribution in [0, 0.1) is 0 Å². The van der Waals surface area contributed by atoms with Crippen LogP contribution in [-0.4, -0.2) is 54.8 Å². The normalized spacial score (nSPS) is 19.7. The average molecular weight is 334 g/mol. The van der Waals surface area contributed by atoms with E-state index in [1.54, 1.807) is 7.11 Å². The number of piperidine rings is 1. The summed E-state index contributed by atoms with van der Waals surface area (Å²) in [6, 6.07) is 7.98. The van der Waals surface area contributed by atoms with E-state index in [1.165, 1.54) is 0 Å². The second kappa shape index (κ2) is 9.64. The molecule has 0 aliphatic carbocycles. The smallest absolute Gasteiger partial charge is 0.234 e. The van der Waals surface area contributed by atoms with Crippen molar-refractivity contribution in [3.8, 4) is 5.75 Å². The first-order chi connectivity index (χ1) is 11.7. The van der Waals surface area contributed by atoms with Crippen molar-refractivity contribution in [1.82, 2.24) is 10.2 Å². The van der Waals surface area contributed by atoms with Crippen molar-refractivity contribution < 1.29 is 14.6 Å². The first-order valence-electron chi connectivity index (χ1n) is 8.96. The molecule has 0 spiro atoms. The Balaban J connectivity index is 1.80. The number of rotatable bonds is 8. The van der Waals surface area contributed by atoms with E-state index in [1.807, 2.05) is 31.2 Å². The van der Waals surface area contributed by atoms with Gasteiger partial charge in [0.15, 0.2) is 0 Å². The van der Waals surface area contributed by atoms with Crippen LogP contribution in [0.3, 0.4) is 0 Å². The third kappa shape index (κ3) is 5.21. The number of aliphatic hydroxyl groups excluding tert-OH is 1. The molecule has 0 radical (unpaired) electrons. The predicted octanol–water partition coefficient (Wildman–Crippen LogP) is 1.98. The highest BCUT2D eigenvalue weighted by Crippen LogP contribution is 2.21. The van der Waals surface area contributed by atoms with Crippen LogP contribution in [0.1, 0.15) is 38.2 Å². The summed E-state index contributed by atoms with van der Waals surface area (Å²) < 4.78 is 5.33. The highest BCUT2D eigenvalue weighted by molar-refractivity contribution is 5.78. The zero-order valence-electron chi connectivity index (χ0n) is 14.8. The summed E-state index contributed by atoms with van der Waals surface area (Å²) in [6.45, 7) is 3.84. The molecule has 0 bridgehead atoms. The summed E-state index contributed by atoms with van der Waals surface area (Å²) in [5.74, 6) is 0.883. The molecule has 1 aromatic carbocycles. The summed E-state index contributed by atoms with van der Waals surface area (Å²) in [5.41, 5.74) is 1.09. The SMILES string of the molecule is CCC(O)C1CCCCN1CC(=O)NCCc1ccccc1OC. The van der Waals surface area contributed by atoms with Crippen molar-refractivity contribution in [2.24, 2.45) is 0 Å². The number of methoxy groups -OCH3 is 1. The maximum absolute atomic E-state index is 12.2. The van der Waals surface area contributed by atoms with Gasteiger partial charge in [-0.1, -0.05) is 31.5 Å². The Morgan fingerprint density at radius 2 is 2.21 bits per heavy atom. The van der Waals surface area contributed by atoms with Gasteiger partial charge in [0.2, 0.25) is 5.91 Å². The van der Waals surface area contributed by atoms with E-state index in [0.29, 0.717) is 13.1 Å². The Kier molecular flexibility index (Phi) is 7.53. The molecule has 2 unspecified atom stereocenters. The van der Waals surface area contributed by atoms with Gasteiger partial charge in [-0.2, -0.15) is 0 Å². The fourth-order valence-corrected chi connectivity index (χ4v) is 3.41. The first-order valence-corrected chi connectivity index (χ1v) is 8.96. The summed E-state index contributed by atoms with van der Waals surface area (Å²) in [5, 5.41) is 13.2. The minimum absolute atomic E-state index is 0.0279. The van der Waals surface area contributed by atoms with Crippen molar-refractivity contribution in [1.29, 1.82) is 0 Å². The number of ether oxygens (including phenoxy) is 1. The summed E-state index contributed by atoms with van der Waals surface area (Å²) in [4.78, 5) is 14.4. The van der Waals surface area contributed by atoms with Gasteiger partial charge >= 0.3 is 0 Å². The van der Waals surface area contributed by atoms with E-state index in [-0.39, 0.29) is 18.1 Å². The minimum atomic E-state index is -0.341. The third-order valence-electron chi connectivity index (χ3n) is 4.78. The van der Waals surface area contributed by atoms with Gasteiger partial charge in [0.1, 0.15) is 5.75 Å². The molecule has 1 heterocycles. The number of carbonyl (C=O) groups excluding carboxylic acids is 1. The molecule has 1 aliphatic rings. The van der Waals surface area contributed by atoms with Crippen LogP contribution in [-0.2, 0) is 11.2 Å². The second-order valence-corrected chi connectivity index (χ2v) is 6.42. The maximum Gasteiger partial charge on any atom is 0.234 e. The lowest BCUT2D eigenvalue weighted by Gasteiger charge is -2.37. The lowest BCUT2D eigenvalue weighted by Crippen LogP contribution is -2.50. The van der Waals surface area contributed by atoms with Gasteiger partial charge in [-0.25, -0.2) is 0 Å². The lowest BCUT2D eigenvalue weighted by molar-refractivity contribution is -0.124. The zero-order valence-corrected chi connectivity index (χ0v) is 14.8. The lowest BCUT2D eigenvalue weighted by atomic mass is 9.96. The monoisotopic (exact) mass is 334 g/mol. The molecule has 2 atom stereocenters. The van der Waals surface area contributed by atoms with E-state index in [2.05, 4.69) is 10.2 Å². The van der Waals surface area contributed by atoms with Crippen molar-refractivity contribution in [3.05, 3.63) is 29.8 Å². The first kappa shape index (κ1) is 18.7. The molecule has 5 heteroatoms. The predicted molar refractivity (Wildman–Crippen MR) is 95.2 cm³/mol. The Hall–Kier alpha value is -1.59. The van der Waals surface area contributed by atoms with Crippen LogP contribution >= 0.6 is 0 Å². The molecule has 5 nitrogen and oxygen atoms in total. The second-order valence-electron chi connectivity index (χ2n) is 6.42. The number of nitrogens with one attached hydrogen (secondary N) is 1. The number of likely N-dealkylation sites (tertiary alicyclic amines) is 1. The molecule has 1 saturated heterocycles. The van der Waals surface area contributed by atoms with Crippen LogP contribution in [0.15, 0.2) is 24.3 Å². The Morgan fingerprint density at radius 1 is 1.42 bits per heavy atom. The van der Waals surface area contributed by atoms with Crippen molar-refractivity contribution in [2.45, 2.75) is 51.2 Å². The Labute approximate surface area is 145 Å². The van der Waals surface area contributed by atoms with Crippen molar-refractivity contribution in [2.75, 3.05) is 26.7 Å². The fourth-order valence-electron chi connectivity index (χ4n) is 3.41. The van der Waals surface area contributed by atoms with Gasteiger partial charge in [0.25, 0.3) is 0 Å². The van der Waals surface area contributed by atoms with Crippen LogP contribution in [0.2, 0.25) is 0 Å². The topological polar surface area (TPSA) is 61.8 Å². The van der Waals surface area contributed by atoms with Gasteiger partial charge in [0, 0.05) is 12.6 Å². The van der Waals surface area contributed by atoms with Crippen molar-refractivity contribution >= 4 is 5.91 Å². The fraction of sp³-hybridized carbons (Fsp3) is 0.632. The molecule has 0 saturated carbocycles. The zero-order chi connectivity index (χ0) is 17.4. The molecule has 24 heavy (non-hydrogen) atoms. The van der Waals surface area contributed by atoms with Gasteiger partial charge in [-0.3, -0.25) is 9.69 Å². The van der Waals surface area contributed by atoms with E-state index >= 15 is 0 Å². The molecular formula is C19H30N2O3. The third-order valence-corrected chi connectivity index (χ3v) is 4.78. The van der Waals surface area contributed by atoms with E-state index in [0.717, 1.165) is 50.0 Å². The largest absolute Gasteiger partial charge is 0.496 e. The number of carbonyl (C=O) groups is 1. The molecule has 1 amide bonds. The van der Waals surface area contributed by atoms with Gasteiger partial charge < -0.3 is 15.2 Å². The Bertz CT molecular complexity index is 521. The van der Waals surface area contributed by atoms with Crippen LogP contribution < -0.4 is 10.1 Å². The number of hydrogen-bond acceptors (Lipinski definition) is 4. The number of hydrogen-bond donors (Lipinski definition) is 2. The quantitative estimate of drug-likeness (QED) is 0.763. The number of aliphatic hydroxyl groups is 1. The van der Waals surface area contributed by atoms with Crippen LogP contribution in [0.5, 0.6) is 5.75 Å². The van der Waals surface area contributed by atoms with E-state index in [4.69, 9.17) is 4.74 Å². The number of amides is 1. The average Bonchev–Trinajstić information content (AvgIpc) is 2.62. The highest BCUT2D eigenvalue weighted by atomic mass is 16.5. The molecule has 2 N–H and O–H groups in total. The van der Waals surface area contributed by atoms with E-state index < -0.39 is 0 Å². The van der Waals surface area contributed by atoms with Crippen molar-refractivity contribution in [3.63, 3.8) is 0 Å². The molecule has 2 rings (SSSR count). The summed E-state index contributed by atoms with van der Waals surface area (Å²) in [7, 11) is 1.66. The molecular weight excluding hydrogens is 304 g/mol.